The number of rotatable bonds is 7. The maximum Gasteiger partial charge on any atom is 0.344 e. The average Bonchev–Trinajstić information content (AvgIpc) is 2.86. The minimum atomic E-state index is -0.447. The van der Waals surface area contributed by atoms with E-state index >= 15 is 0 Å². The number of nitrogens with zero attached hydrogens (tertiary/aromatic N) is 1. The number of ether oxygens (including phenoxy) is 3. The molecule has 1 fully saturated rings. The number of esters is 1. The molecule has 0 bridgehead atoms. The first-order chi connectivity index (χ1) is 12.4. The summed E-state index contributed by atoms with van der Waals surface area (Å²) in [7, 11) is 1.52. The van der Waals surface area contributed by atoms with E-state index in [2.05, 4.69) is 22.6 Å². The van der Waals surface area contributed by atoms with Crippen molar-refractivity contribution < 1.29 is 23.8 Å². The maximum atomic E-state index is 12.3. The summed E-state index contributed by atoms with van der Waals surface area (Å²) in [6.45, 7) is 4.26. The van der Waals surface area contributed by atoms with Crippen LogP contribution in [-0.4, -0.2) is 48.0 Å². The topological polar surface area (TPSA) is 65.1 Å². The Morgan fingerprint density at radius 1 is 1.38 bits per heavy atom. The monoisotopic (exact) mass is 507 g/mol. The lowest BCUT2D eigenvalue weighted by Gasteiger charge is -2.13. The fourth-order valence-electron chi connectivity index (χ4n) is 2.22. The molecule has 1 aliphatic rings. The Hall–Kier alpha value is -1.33. The number of benzene rings is 1. The number of thioether (sulfide) groups is 1. The standard InChI is InChI=1S/C17H18INO5S2/c1-4-19-16(21)13(26-17(19)25)8-10-6-11(18)15(12(7-10)22-3)24-9-14(20)23-5-2/h6-8H,4-5,9H2,1-3H3/b13-8-. The summed E-state index contributed by atoms with van der Waals surface area (Å²) in [5.41, 5.74) is 0.784. The normalized spacial score (nSPS) is 15.5. The quantitative estimate of drug-likeness (QED) is 0.243. The minimum absolute atomic E-state index is 0.0980. The smallest absolute Gasteiger partial charge is 0.344 e. The first-order valence-electron chi connectivity index (χ1n) is 7.82. The second kappa shape index (κ2) is 9.56. The molecule has 1 heterocycles. The predicted octanol–water partition coefficient (Wildman–Crippen LogP) is 3.46. The fraction of sp³-hybridized carbons (Fsp3) is 0.353. The summed E-state index contributed by atoms with van der Waals surface area (Å²) in [4.78, 5) is 26.0. The molecule has 0 aliphatic carbocycles. The number of methoxy groups -OCH3 is 1. The lowest BCUT2D eigenvalue weighted by molar-refractivity contribution is -0.145. The van der Waals surface area contributed by atoms with Gasteiger partial charge in [0.1, 0.15) is 4.32 Å². The van der Waals surface area contributed by atoms with Gasteiger partial charge in [-0.05, 0) is 60.2 Å². The molecule has 1 saturated heterocycles. The Bertz CT molecular complexity index is 766. The number of hydrogen-bond acceptors (Lipinski definition) is 7. The summed E-state index contributed by atoms with van der Waals surface area (Å²) >= 11 is 8.60. The van der Waals surface area contributed by atoms with Gasteiger partial charge in [-0.15, -0.1) is 0 Å². The Kier molecular flexibility index (Phi) is 7.71. The Labute approximate surface area is 175 Å². The van der Waals surface area contributed by atoms with Crippen LogP contribution in [0.25, 0.3) is 6.08 Å². The molecular weight excluding hydrogens is 489 g/mol. The van der Waals surface area contributed by atoms with Crippen molar-refractivity contribution in [3.8, 4) is 11.5 Å². The molecular formula is C17H18INO5S2. The molecule has 2 rings (SSSR count). The molecule has 140 valence electrons. The Morgan fingerprint density at radius 2 is 2.12 bits per heavy atom. The highest BCUT2D eigenvalue weighted by Crippen LogP contribution is 2.37. The molecule has 1 aromatic rings. The third kappa shape index (κ3) is 4.89. The van der Waals surface area contributed by atoms with Gasteiger partial charge in [-0.1, -0.05) is 24.0 Å². The van der Waals surface area contributed by atoms with Gasteiger partial charge in [-0.2, -0.15) is 0 Å². The van der Waals surface area contributed by atoms with Gasteiger partial charge in [-0.3, -0.25) is 9.69 Å². The summed E-state index contributed by atoms with van der Waals surface area (Å²) in [5.74, 6) is 0.384. The third-order valence-corrected chi connectivity index (χ3v) is 5.56. The van der Waals surface area contributed by atoms with E-state index in [4.69, 9.17) is 26.4 Å². The van der Waals surface area contributed by atoms with Crippen LogP contribution >= 0.6 is 46.6 Å². The number of thiocarbonyl (C=S) groups is 1. The van der Waals surface area contributed by atoms with Gasteiger partial charge in [0.25, 0.3) is 5.91 Å². The lowest BCUT2D eigenvalue weighted by Crippen LogP contribution is -2.27. The molecule has 0 N–H and O–H groups in total. The van der Waals surface area contributed by atoms with Gasteiger partial charge in [0, 0.05) is 6.54 Å². The van der Waals surface area contributed by atoms with Gasteiger partial charge >= 0.3 is 5.97 Å². The van der Waals surface area contributed by atoms with Crippen molar-refractivity contribution in [1.82, 2.24) is 4.90 Å². The molecule has 26 heavy (non-hydrogen) atoms. The highest BCUT2D eigenvalue weighted by Gasteiger charge is 2.30. The van der Waals surface area contributed by atoms with Crippen LogP contribution in [0.3, 0.4) is 0 Å². The summed E-state index contributed by atoms with van der Waals surface area (Å²) < 4.78 is 17.1. The van der Waals surface area contributed by atoms with Gasteiger partial charge in [0.2, 0.25) is 0 Å². The molecule has 0 unspecified atom stereocenters. The van der Waals surface area contributed by atoms with Crippen LogP contribution in [0, 0.1) is 3.57 Å². The summed E-state index contributed by atoms with van der Waals surface area (Å²) in [6.07, 6.45) is 1.77. The zero-order chi connectivity index (χ0) is 19.3. The first-order valence-corrected chi connectivity index (χ1v) is 10.1. The zero-order valence-electron chi connectivity index (χ0n) is 14.5. The SMILES string of the molecule is CCOC(=O)COc1c(I)cc(/C=C2\SC(=S)N(CC)C2=O)cc1OC. The van der Waals surface area contributed by atoms with Gasteiger partial charge in [-0.25, -0.2) is 4.79 Å². The van der Waals surface area contributed by atoms with Gasteiger partial charge < -0.3 is 14.2 Å². The third-order valence-electron chi connectivity index (χ3n) is 3.38. The predicted molar refractivity (Wildman–Crippen MR) is 113 cm³/mol. The molecule has 6 nitrogen and oxygen atoms in total. The van der Waals surface area contributed by atoms with Crippen molar-refractivity contribution in [2.45, 2.75) is 13.8 Å². The number of hydrogen-bond donors (Lipinski definition) is 0. The van der Waals surface area contributed by atoms with Crippen LogP contribution < -0.4 is 9.47 Å². The largest absolute Gasteiger partial charge is 0.493 e. The van der Waals surface area contributed by atoms with E-state index in [1.165, 1.54) is 18.9 Å². The minimum Gasteiger partial charge on any atom is -0.493 e. The van der Waals surface area contributed by atoms with Crippen molar-refractivity contribution in [2.75, 3.05) is 26.9 Å². The molecule has 0 atom stereocenters. The molecule has 0 saturated carbocycles. The van der Waals surface area contributed by atoms with Crippen molar-refractivity contribution in [3.63, 3.8) is 0 Å². The van der Waals surface area contributed by atoms with Crippen LogP contribution in [0.4, 0.5) is 0 Å². The highest BCUT2D eigenvalue weighted by atomic mass is 127. The van der Waals surface area contributed by atoms with E-state index in [-0.39, 0.29) is 12.5 Å². The first kappa shape index (κ1) is 21.0. The van der Waals surface area contributed by atoms with Crippen LogP contribution in [-0.2, 0) is 14.3 Å². The van der Waals surface area contributed by atoms with E-state index < -0.39 is 5.97 Å². The Morgan fingerprint density at radius 3 is 2.69 bits per heavy atom. The molecule has 1 aromatic carbocycles. The van der Waals surface area contributed by atoms with E-state index in [1.807, 2.05) is 13.0 Å². The lowest BCUT2D eigenvalue weighted by atomic mass is 10.2. The van der Waals surface area contributed by atoms with Crippen molar-refractivity contribution in [3.05, 3.63) is 26.2 Å². The number of carbonyl (C=O) groups excluding carboxylic acids is 2. The zero-order valence-corrected chi connectivity index (χ0v) is 18.3. The molecule has 0 radical (unpaired) electrons. The average molecular weight is 507 g/mol. The van der Waals surface area contributed by atoms with Crippen LogP contribution in [0.2, 0.25) is 0 Å². The maximum absolute atomic E-state index is 12.3. The van der Waals surface area contributed by atoms with Crippen LogP contribution in [0.1, 0.15) is 19.4 Å². The van der Waals surface area contributed by atoms with Crippen molar-refractivity contribution in [1.29, 1.82) is 0 Å². The molecule has 1 aliphatic heterocycles. The van der Waals surface area contributed by atoms with Crippen molar-refractivity contribution in [2.24, 2.45) is 0 Å². The number of amides is 1. The second-order valence-corrected chi connectivity index (χ2v) is 7.89. The Balaban J connectivity index is 2.26. The summed E-state index contributed by atoms with van der Waals surface area (Å²) in [5, 5.41) is 0. The second-order valence-electron chi connectivity index (χ2n) is 5.05. The molecule has 0 spiro atoms. The van der Waals surface area contributed by atoms with E-state index in [0.717, 1.165) is 9.13 Å². The van der Waals surface area contributed by atoms with Gasteiger partial charge in [0.15, 0.2) is 18.1 Å². The van der Waals surface area contributed by atoms with E-state index in [9.17, 15) is 9.59 Å². The van der Waals surface area contributed by atoms with Crippen molar-refractivity contribution >= 4 is 68.8 Å². The van der Waals surface area contributed by atoms with Crippen LogP contribution in [0.15, 0.2) is 17.0 Å². The number of carbonyl (C=O) groups is 2. The van der Waals surface area contributed by atoms with Crippen LogP contribution in [0.5, 0.6) is 11.5 Å². The molecule has 1 amide bonds. The molecule has 9 heteroatoms. The molecule has 0 aromatic heterocycles. The van der Waals surface area contributed by atoms with E-state index in [1.54, 1.807) is 24.0 Å². The van der Waals surface area contributed by atoms with Gasteiger partial charge in [0.05, 0.1) is 22.2 Å². The highest BCUT2D eigenvalue weighted by molar-refractivity contribution is 14.1. The fourth-order valence-corrected chi connectivity index (χ4v) is 4.39. The van der Waals surface area contributed by atoms with E-state index in [0.29, 0.717) is 33.9 Å². The summed E-state index contributed by atoms with van der Waals surface area (Å²) in [6, 6.07) is 3.60. The number of halogens is 1. The number of likely N-dealkylation sites (N-methyl/N-ethyl adjacent to an activating group) is 1.